The van der Waals surface area contributed by atoms with Crippen LogP contribution in [0.4, 0.5) is 4.79 Å². The number of hydrogen-bond acceptors (Lipinski definition) is 7. The number of urea groups is 1. The minimum Gasteiger partial charge on any atom is -0.457 e. The molecule has 0 unspecified atom stereocenters. The Kier molecular flexibility index (Phi) is 5.94. The van der Waals surface area contributed by atoms with Crippen molar-refractivity contribution in [3.05, 3.63) is 77.2 Å². The van der Waals surface area contributed by atoms with E-state index < -0.39 is 35.6 Å². The quantitative estimate of drug-likeness (QED) is 0.525. The Labute approximate surface area is 180 Å². The Balaban J connectivity index is 2.02. The largest absolute Gasteiger partial charge is 0.457 e. The average molecular weight is 465 g/mol. The van der Waals surface area contributed by atoms with Crippen molar-refractivity contribution >= 4 is 25.7 Å². The topological polar surface area (TPSA) is 130 Å². The molecule has 2 amide bonds. The van der Waals surface area contributed by atoms with E-state index in [0.29, 0.717) is 16.4 Å². The maximum Gasteiger partial charge on any atom is 0.347 e. The van der Waals surface area contributed by atoms with E-state index in [1.165, 1.54) is 29.7 Å². The van der Waals surface area contributed by atoms with E-state index in [9.17, 15) is 21.6 Å². The van der Waals surface area contributed by atoms with Gasteiger partial charge in [-0.05, 0) is 62.4 Å². The minimum atomic E-state index is -4.36. The first kappa shape index (κ1) is 22.5. The number of carbonyl (C=O) groups excluding carboxylic acids is 1. The van der Waals surface area contributed by atoms with Gasteiger partial charge in [0.05, 0.1) is 4.90 Å². The van der Waals surface area contributed by atoms with E-state index in [0.717, 1.165) is 31.4 Å². The molecule has 0 spiro atoms. The molecule has 0 fully saturated rings. The second-order valence-electron chi connectivity index (χ2n) is 6.97. The van der Waals surface area contributed by atoms with Crippen molar-refractivity contribution in [3.8, 4) is 11.5 Å². The number of ether oxygens (including phenoxy) is 1. The summed E-state index contributed by atoms with van der Waals surface area (Å²) in [7, 11) is -8.44. The summed E-state index contributed by atoms with van der Waals surface area (Å²) in [5, 5.41) is 9.31. The van der Waals surface area contributed by atoms with Crippen LogP contribution >= 0.6 is 0 Å². The first-order valence-corrected chi connectivity index (χ1v) is 12.0. The summed E-state index contributed by atoms with van der Waals surface area (Å²) < 4.78 is 57.3. The van der Waals surface area contributed by atoms with Crippen LogP contribution in [0.2, 0.25) is 0 Å². The van der Waals surface area contributed by atoms with Crippen LogP contribution in [-0.4, -0.2) is 37.8 Å². The molecule has 2 aromatic carbocycles. The zero-order chi connectivity index (χ0) is 22.9. The van der Waals surface area contributed by atoms with Gasteiger partial charge >= 0.3 is 6.03 Å². The predicted molar refractivity (Wildman–Crippen MR) is 113 cm³/mol. The molecule has 3 rings (SSSR count). The molecule has 0 radical (unpaired) electrons. The number of amides is 2. The van der Waals surface area contributed by atoms with E-state index in [-0.39, 0.29) is 4.90 Å². The number of benzene rings is 2. The van der Waals surface area contributed by atoms with Gasteiger partial charge in [0.1, 0.15) is 21.4 Å². The lowest BCUT2D eigenvalue weighted by molar-refractivity contribution is 0.127. The highest BCUT2D eigenvalue weighted by Crippen LogP contribution is 2.35. The molecule has 31 heavy (non-hydrogen) atoms. The monoisotopic (exact) mass is 464 g/mol. The molecule has 0 bridgehead atoms. The summed E-state index contributed by atoms with van der Waals surface area (Å²) >= 11 is 0. The van der Waals surface area contributed by atoms with Crippen LogP contribution in [0.5, 0.6) is 11.5 Å². The average Bonchev–Trinajstić information content (AvgIpc) is 2.82. The molecule has 1 aliphatic rings. The number of sulfone groups is 2. The third-order valence-corrected chi connectivity index (χ3v) is 8.49. The van der Waals surface area contributed by atoms with Gasteiger partial charge in [0.15, 0.2) is 9.84 Å². The second-order valence-corrected chi connectivity index (χ2v) is 11.2. The van der Waals surface area contributed by atoms with Crippen LogP contribution in [0.3, 0.4) is 0 Å². The zero-order valence-electron chi connectivity index (χ0n) is 16.6. The van der Waals surface area contributed by atoms with Crippen molar-refractivity contribution < 1.29 is 31.6 Å². The van der Waals surface area contributed by atoms with Crippen molar-refractivity contribution in [3.63, 3.8) is 0 Å². The lowest BCUT2D eigenvalue weighted by Crippen LogP contribution is -2.55. The number of nitrogens with one attached hydrogen (secondary N) is 1. The zero-order valence-corrected chi connectivity index (χ0v) is 18.2. The van der Waals surface area contributed by atoms with Crippen molar-refractivity contribution in [1.29, 1.82) is 0 Å². The molecule has 11 heteroatoms. The molecule has 9 nitrogen and oxygen atoms in total. The van der Waals surface area contributed by atoms with Gasteiger partial charge in [-0.2, -0.15) is 0 Å². The van der Waals surface area contributed by atoms with Crippen molar-refractivity contribution in [2.45, 2.75) is 23.6 Å². The van der Waals surface area contributed by atoms with Crippen LogP contribution in [0.25, 0.3) is 0 Å². The summed E-state index contributed by atoms with van der Waals surface area (Å²) in [6.07, 6.45) is 2.02. The molecule has 1 aliphatic heterocycles. The maximum atomic E-state index is 13.3. The Bertz CT molecular complexity index is 1250. The van der Waals surface area contributed by atoms with Crippen molar-refractivity contribution in [2.75, 3.05) is 0 Å². The highest BCUT2D eigenvalue weighted by molar-refractivity contribution is 7.96. The van der Waals surface area contributed by atoms with E-state index in [4.69, 9.17) is 9.94 Å². The van der Waals surface area contributed by atoms with Crippen LogP contribution < -0.4 is 10.2 Å². The van der Waals surface area contributed by atoms with Gasteiger partial charge in [-0.25, -0.2) is 27.1 Å². The predicted octanol–water partition coefficient (Wildman–Crippen LogP) is 3.17. The molecular weight excluding hydrogens is 444 g/mol. The fourth-order valence-corrected chi connectivity index (χ4v) is 5.55. The molecule has 0 aliphatic carbocycles. The Hall–Kier alpha value is -3.15. The molecular formula is C20H20N2O7S2. The molecule has 0 aromatic heterocycles. The summed E-state index contributed by atoms with van der Waals surface area (Å²) in [4.78, 5) is 10.6. The molecule has 0 atom stereocenters. The lowest BCUT2D eigenvalue weighted by atomic mass is 10.3. The molecule has 0 saturated carbocycles. The summed E-state index contributed by atoms with van der Waals surface area (Å²) in [5.74, 6) is 0.945. The number of rotatable bonds is 4. The molecule has 2 N–H and O–H groups in total. The van der Waals surface area contributed by atoms with E-state index in [1.54, 1.807) is 24.3 Å². The Morgan fingerprint density at radius 1 is 1.03 bits per heavy atom. The smallest absolute Gasteiger partial charge is 0.347 e. The van der Waals surface area contributed by atoms with E-state index >= 15 is 0 Å². The number of allylic oxidation sites excluding steroid dienone is 2. The van der Waals surface area contributed by atoms with Crippen LogP contribution in [0.1, 0.15) is 13.8 Å². The summed E-state index contributed by atoms with van der Waals surface area (Å²) in [5.41, 5.74) is 1.32. The van der Waals surface area contributed by atoms with Gasteiger partial charge in [0.2, 0.25) is 9.84 Å². The first-order valence-electron chi connectivity index (χ1n) is 8.96. The third kappa shape index (κ3) is 4.20. The van der Waals surface area contributed by atoms with Gasteiger partial charge in [-0.1, -0.05) is 18.2 Å². The van der Waals surface area contributed by atoms with Crippen LogP contribution in [0.15, 0.2) is 82.1 Å². The number of carbonyl (C=O) groups is 1. The van der Waals surface area contributed by atoms with Gasteiger partial charge in [0, 0.05) is 5.41 Å². The Morgan fingerprint density at radius 2 is 1.61 bits per heavy atom. The molecule has 1 heterocycles. The van der Waals surface area contributed by atoms with Crippen molar-refractivity contribution in [2.24, 2.45) is 0 Å². The number of para-hydroxylation sites is 1. The second kappa shape index (κ2) is 8.17. The minimum absolute atomic E-state index is 0.196. The fraction of sp³-hybridized carbons (Fsp3) is 0.150. The molecule has 2 aromatic rings. The van der Waals surface area contributed by atoms with Gasteiger partial charge < -0.3 is 4.74 Å². The number of hydrogen-bond donors (Lipinski definition) is 2. The highest BCUT2D eigenvalue weighted by atomic mass is 32.2. The standard InChI is InChI=1S/C20H20N2O7S2/c1-20(2)22(19(23)21-24)18(9-6-14-30(20,25)26)31(27,28)17-12-10-16(11-13-17)29-15-7-4-3-5-8-15/h3-14,24H,1-2H3,(H,21,23). The Morgan fingerprint density at radius 3 is 2.19 bits per heavy atom. The van der Waals surface area contributed by atoms with Gasteiger partial charge in [-0.15, -0.1) is 0 Å². The third-order valence-electron chi connectivity index (χ3n) is 4.64. The van der Waals surface area contributed by atoms with Crippen molar-refractivity contribution in [1.82, 2.24) is 10.4 Å². The molecule has 0 saturated heterocycles. The highest BCUT2D eigenvalue weighted by Gasteiger charge is 2.47. The van der Waals surface area contributed by atoms with Gasteiger partial charge in [-0.3, -0.25) is 10.1 Å². The first-order chi connectivity index (χ1) is 14.5. The van der Waals surface area contributed by atoms with Crippen LogP contribution in [-0.2, 0) is 19.7 Å². The normalized spacial score (nSPS) is 17.4. The van der Waals surface area contributed by atoms with Gasteiger partial charge in [0.25, 0.3) is 0 Å². The summed E-state index contributed by atoms with van der Waals surface area (Å²) in [6.45, 7) is 2.32. The fourth-order valence-electron chi connectivity index (χ4n) is 2.90. The number of nitrogens with zero attached hydrogens (tertiary/aromatic N) is 1. The maximum absolute atomic E-state index is 13.3. The van der Waals surface area contributed by atoms with E-state index in [2.05, 4.69) is 0 Å². The number of hydroxylamine groups is 1. The van der Waals surface area contributed by atoms with Crippen LogP contribution in [0, 0.1) is 0 Å². The SMILES string of the molecule is CC1(C)N(C(=O)NO)C(S(=O)(=O)c2ccc(Oc3ccccc3)cc2)=CC=CS1(=O)=O. The van der Waals surface area contributed by atoms with E-state index in [1.807, 2.05) is 6.07 Å². The lowest BCUT2D eigenvalue weighted by Gasteiger charge is -2.36. The summed E-state index contributed by atoms with van der Waals surface area (Å²) in [6, 6.07) is 13.0. The molecule has 164 valence electrons.